The monoisotopic (exact) mass is 297 g/mol. The average molecular weight is 297 g/mol. The second-order valence-electron chi connectivity index (χ2n) is 4.46. The summed E-state index contributed by atoms with van der Waals surface area (Å²) >= 11 is 0. The number of methoxy groups -OCH3 is 1. The number of rotatable bonds is 5. The van der Waals surface area contributed by atoms with Crippen molar-refractivity contribution in [3.05, 3.63) is 71.4 Å². The molecule has 0 radical (unpaired) electrons. The van der Waals surface area contributed by atoms with Crippen molar-refractivity contribution in [3.63, 3.8) is 0 Å². The minimum absolute atomic E-state index is 0.206. The largest absolute Gasteiger partial charge is 0.497 e. The summed E-state index contributed by atoms with van der Waals surface area (Å²) < 4.78 is 5.08. The van der Waals surface area contributed by atoms with Crippen molar-refractivity contribution < 1.29 is 19.4 Å². The molecule has 2 aromatic rings. The topological polar surface area (TPSA) is 75.6 Å². The van der Waals surface area contributed by atoms with Gasteiger partial charge in [-0.2, -0.15) is 0 Å². The molecule has 0 aliphatic heterocycles. The van der Waals surface area contributed by atoms with Gasteiger partial charge < -0.3 is 15.2 Å². The fraction of sp³-hybridized carbons (Fsp3) is 0.0588. The highest BCUT2D eigenvalue weighted by Crippen LogP contribution is 2.15. The lowest BCUT2D eigenvalue weighted by Gasteiger charge is -2.07. The number of amides is 1. The van der Waals surface area contributed by atoms with E-state index in [0.717, 1.165) is 0 Å². The van der Waals surface area contributed by atoms with Crippen molar-refractivity contribution in [3.8, 4) is 5.75 Å². The van der Waals surface area contributed by atoms with E-state index in [1.165, 1.54) is 13.2 Å². The highest BCUT2D eigenvalue weighted by Gasteiger charge is 2.13. The number of carbonyl (C=O) groups excluding carboxylic acids is 1. The van der Waals surface area contributed by atoms with E-state index in [1.807, 2.05) is 0 Å². The molecule has 0 atom stereocenters. The molecule has 5 nitrogen and oxygen atoms in total. The normalized spacial score (nSPS) is 10.9. The molecule has 0 bridgehead atoms. The average Bonchev–Trinajstić information content (AvgIpc) is 2.55. The zero-order valence-corrected chi connectivity index (χ0v) is 11.9. The summed E-state index contributed by atoms with van der Waals surface area (Å²) in [5, 5.41) is 11.6. The van der Waals surface area contributed by atoms with E-state index in [4.69, 9.17) is 4.74 Å². The Balaban J connectivity index is 2.24. The molecule has 0 heterocycles. The Bertz CT molecular complexity index is 708. The first-order chi connectivity index (χ1) is 10.6. The van der Waals surface area contributed by atoms with Crippen LogP contribution in [0.25, 0.3) is 6.08 Å². The van der Waals surface area contributed by atoms with Gasteiger partial charge in [-0.15, -0.1) is 0 Å². The van der Waals surface area contributed by atoms with Gasteiger partial charge in [0.1, 0.15) is 11.4 Å². The van der Waals surface area contributed by atoms with Crippen LogP contribution in [-0.4, -0.2) is 24.1 Å². The summed E-state index contributed by atoms with van der Waals surface area (Å²) in [6.45, 7) is 0. The molecule has 2 aromatic carbocycles. The molecule has 2 rings (SSSR count). The maximum absolute atomic E-state index is 12.0. The van der Waals surface area contributed by atoms with Gasteiger partial charge in [-0.05, 0) is 35.9 Å². The van der Waals surface area contributed by atoms with Crippen molar-refractivity contribution in [2.75, 3.05) is 7.11 Å². The van der Waals surface area contributed by atoms with Crippen molar-refractivity contribution in [1.29, 1.82) is 0 Å². The Morgan fingerprint density at radius 3 is 2.45 bits per heavy atom. The molecular formula is C17H15NO4. The van der Waals surface area contributed by atoms with Gasteiger partial charge in [0.2, 0.25) is 0 Å². The summed E-state index contributed by atoms with van der Waals surface area (Å²) in [5.41, 5.74) is 0.799. The second-order valence-corrected chi connectivity index (χ2v) is 4.46. The van der Waals surface area contributed by atoms with Crippen LogP contribution in [0.4, 0.5) is 0 Å². The van der Waals surface area contributed by atoms with Crippen LogP contribution in [0.15, 0.2) is 60.3 Å². The number of hydrogen-bond donors (Lipinski definition) is 2. The fourth-order valence-corrected chi connectivity index (χ4v) is 1.83. The van der Waals surface area contributed by atoms with E-state index in [0.29, 0.717) is 16.9 Å². The van der Waals surface area contributed by atoms with Crippen LogP contribution >= 0.6 is 0 Å². The first-order valence-corrected chi connectivity index (χ1v) is 6.55. The summed E-state index contributed by atoms with van der Waals surface area (Å²) in [4.78, 5) is 23.3. The lowest BCUT2D eigenvalue weighted by Crippen LogP contribution is -2.27. The molecule has 0 saturated carbocycles. The molecule has 0 saturated heterocycles. The second kappa shape index (κ2) is 7.08. The third kappa shape index (κ3) is 3.96. The molecule has 112 valence electrons. The number of hydrogen-bond acceptors (Lipinski definition) is 3. The predicted molar refractivity (Wildman–Crippen MR) is 82.5 cm³/mol. The Morgan fingerprint density at radius 1 is 1.09 bits per heavy atom. The summed E-state index contributed by atoms with van der Waals surface area (Å²) in [7, 11) is 1.53. The van der Waals surface area contributed by atoms with Crippen molar-refractivity contribution in [2.24, 2.45) is 0 Å². The van der Waals surface area contributed by atoms with Crippen LogP contribution in [0, 0.1) is 0 Å². The van der Waals surface area contributed by atoms with Crippen LogP contribution < -0.4 is 10.1 Å². The van der Waals surface area contributed by atoms with Gasteiger partial charge in [0.15, 0.2) is 0 Å². The molecular weight excluding hydrogens is 282 g/mol. The lowest BCUT2D eigenvalue weighted by molar-refractivity contribution is -0.132. The van der Waals surface area contributed by atoms with Crippen LogP contribution in [0.2, 0.25) is 0 Å². The van der Waals surface area contributed by atoms with Crippen LogP contribution in [0.5, 0.6) is 5.75 Å². The Hall–Kier alpha value is -3.08. The van der Waals surface area contributed by atoms with E-state index in [-0.39, 0.29) is 5.70 Å². The van der Waals surface area contributed by atoms with E-state index in [2.05, 4.69) is 5.32 Å². The number of carbonyl (C=O) groups is 2. The zero-order chi connectivity index (χ0) is 15.9. The van der Waals surface area contributed by atoms with Crippen molar-refractivity contribution in [2.45, 2.75) is 0 Å². The van der Waals surface area contributed by atoms with Crippen LogP contribution in [-0.2, 0) is 4.79 Å². The van der Waals surface area contributed by atoms with E-state index in [9.17, 15) is 14.7 Å². The number of carboxylic acids is 1. The summed E-state index contributed by atoms with van der Waals surface area (Å²) in [6.07, 6.45) is 1.38. The van der Waals surface area contributed by atoms with Gasteiger partial charge in [-0.25, -0.2) is 4.79 Å². The molecule has 2 N–H and O–H groups in total. The van der Waals surface area contributed by atoms with Crippen molar-refractivity contribution in [1.82, 2.24) is 5.32 Å². The molecule has 0 spiro atoms. The maximum Gasteiger partial charge on any atom is 0.352 e. The van der Waals surface area contributed by atoms with Gasteiger partial charge in [0.25, 0.3) is 5.91 Å². The smallest absolute Gasteiger partial charge is 0.352 e. The number of carboxylic acid groups (broad SMARTS) is 1. The van der Waals surface area contributed by atoms with Gasteiger partial charge in [-0.1, -0.05) is 30.3 Å². The Labute approximate surface area is 127 Å². The lowest BCUT2D eigenvalue weighted by atomic mass is 10.1. The van der Waals surface area contributed by atoms with E-state index in [1.54, 1.807) is 54.6 Å². The van der Waals surface area contributed by atoms with Gasteiger partial charge >= 0.3 is 5.97 Å². The maximum atomic E-state index is 12.0. The molecule has 0 unspecified atom stereocenters. The quantitative estimate of drug-likeness (QED) is 0.832. The molecule has 0 aliphatic carbocycles. The van der Waals surface area contributed by atoms with E-state index < -0.39 is 11.9 Å². The van der Waals surface area contributed by atoms with Crippen molar-refractivity contribution >= 4 is 18.0 Å². The molecule has 5 heteroatoms. The number of benzene rings is 2. The van der Waals surface area contributed by atoms with Gasteiger partial charge in [-0.3, -0.25) is 4.79 Å². The summed E-state index contributed by atoms with van der Waals surface area (Å²) in [5.74, 6) is -1.09. The molecule has 22 heavy (non-hydrogen) atoms. The Morgan fingerprint density at radius 2 is 1.82 bits per heavy atom. The standard InChI is InChI=1S/C17H15NO4/c1-22-14-9-5-6-12(10-14)11-15(17(20)21)18-16(19)13-7-3-2-4-8-13/h2-11H,1H3,(H,18,19)(H,20,21). The first-order valence-electron chi connectivity index (χ1n) is 6.55. The molecule has 1 amide bonds. The predicted octanol–water partition coefficient (Wildman–Crippen LogP) is 2.55. The molecule has 0 fully saturated rings. The van der Waals surface area contributed by atoms with Crippen LogP contribution in [0.3, 0.4) is 0 Å². The third-order valence-corrected chi connectivity index (χ3v) is 2.92. The van der Waals surface area contributed by atoms with Gasteiger partial charge in [0, 0.05) is 5.56 Å². The number of nitrogens with one attached hydrogen (secondary N) is 1. The minimum atomic E-state index is -1.22. The van der Waals surface area contributed by atoms with Crippen LogP contribution in [0.1, 0.15) is 15.9 Å². The minimum Gasteiger partial charge on any atom is -0.497 e. The Kier molecular flexibility index (Phi) is 4.93. The first kappa shape index (κ1) is 15.3. The highest BCUT2D eigenvalue weighted by atomic mass is 16.5. The van der Waals surface area contributed by atoms with Gasteiger partial charge in [0.05, 0.1) is 7.11 Å². The number of ether oxygens (including phenoxy) is 1. The molecule has 0 aromatic heterocycles. The summed E-state index contributed by atoms with van der Waals surface area (Å²) in [6, 6.07) is 15.3. The third-order valence-electron chi connectivity index (χ3n) is 2.92. The number of aliphatic carboxylic acids is 1. The fourth-order valence-electron chi connectivity index (χ4n) is 1.83. The molecule has 0 aliphatic rings. The van der Waals surface area contributed by atoms with E-state index >= 15 is 0 Å². The zero-order valence-electron chi connectivity index (χ0n) is 11.9. The SMILES string of the molecule is COc1cccc(C=C(NC(=O)c2ccccc2)C(=O)O)c1. The highest BCUT2D eigenvalue weighted by molar-refractivity contribution is 6.02.